The molecule has 3 N–H and O–H groups in total. The first-order chi connectivity index (χ1) is 17.0. The molecule has 1 heterocycles. The van der Waals surface area contributed by atoms with Crippen LogP contribution in [-0.2, 0) is 19.1 Å². The summed E-state index contributed by atoms with van der Waals surface area (Å²) >= 11 is 0. The number of alkyl carbamates (subject to hydrolysis) is 1. The van der Waals surface area contributed by atoms with E-state index in [9.17, 15) is 19.5 Å². The van der Waals surface area contributed by atoms with Crippen LogP contribution in [0.5, 0.6) is 0 Å². The molecule has 2 atom stereocenters. The zero-order valence-electron chi connectivity index (χ0n) is 19.5. The third kappa shape index (κ3) is 4.50. The van der Waals surface area contributed by atoms with Crippen LogP contribution in [0.25, 0.3) is 11.1 Å². The number of hydrogen-bond donors (Lipinski definition) is 3. The van der Waals surface area contributed by atoms with Crippen LogP contribution in [0.15, 0.2) is 48.5 Å². The van der Waals surface area contributed by atoms with E-state index in [0.717, 1.165) is 35.1 Å². The second kappa shape index (κ2) is 9.70. The zero-order chi connectivity index (χ0) is 24.4. The lowest BCUT2D eigenvalue weighted by atomic mass is 9.95. The molecule has 8 heteroatoms. The summed E-state index contributed by atoms with van der Waals surface area (Å²) in [6.45, 7) is 0.816. The number of aliphatic carboxylic acids is 1. The third-order valence-corrected chi connectivity index (χ3v) is 7.55. The molecular formula is C27H30N2O6. The van der Waals surface area contributed by atoms with Gasteiger partial charge in [0.25, 0.3) is 0 Å². The van der Waals surface area contributed by atoms with Gasteiger partial charge in [0.15, 0.2) is 0 Å². The molecule has 0 unspecified atom stereocenters. The zero-order valence-corrected chi connectivity index (χ0v) is 19.5. The monoisotopic (exact) mass is 478 g/mol. The molecule has 2 aliphatic carbocycles. The van der Waals surface area contributed by atoms with Crippen molar-refractivity contribution in [1.82, 2.24) is 10.6 Å². The van der Waals surface area contributed by atoms with E-state index in [1.807, 2.05) is 24.3 Å². The number of amides is 2. The van der Waals surface area contributed by atoms with Gasteiger partial charge in [0.2, 0.25) is 5.91 Å². The molecule has 0 bridgehead atoms. The normalized spacial score (nSPS) is 22.3. The summed E-state index contributed by atoms with van der Waals surface area (Å²) in [5.41, 5.74) is 3.39. The summed E-state index contributed by atoms with van der Waals surface area (Å²) in [4.78, 5) is 37.2. The highest BCUT2D eigenvalue weighted by molar-refractivity contribution is 5.89. The Hall–Kier alpha value is -3.39. The van der Waals surface area contributed by atoms with E-state index in [1.54, 1.807) is 0 Å². The first-order valence-electron chi connectivity index (χ1n) is 12.2. The predicted molar refractivity (Wildman–Crippen MR) is 128 cm³/mol. The molecular weight excluding hydrogens is 448 g/mol. The van der Waals surface area contributed by atoms with Gasteiger partial charge in [-0.1, -0.05) is 61.4 Å². The van der Waals surface area contributed by atoms with Gasteiger partial charge in [-0.05, 0) is 41.5 Å². The number of carbonyl (C=O) groups is 3. The van der Waals surface area contributed by atoms with Gasteiger partial charge < -0.3 is 25.2 Å². The maximum Gasteiger partial charge on any atom is 0.407 e. The van der Waals surface area contributed by atoms with E-state index in [2.05, 4.69) is 34.9 Å². The van der Waals surface area contributed by atoms with Crippen molar-refractivity contribution < 1.29 is 29.0 Å². The van der Waals surface area contributed by atoms with Gasteiger partial charge in [0.1, 0.15) is 18.2 Å². The first-order valence-corrected chi connectivity index (χ1v) is 12.2. The van der Waals surface area contributed by atoms with Crippen molar-refractivity contribution in [3.05, 3.63) is 59.7 Å². The Balaban J connectivity index is 1.16. The number of fused-ring (bicyclic) bond motifs is 3. The van der Waals surface area contributed by atoms with Crippen LogP contribution in [0.3, 0.4) is 0 Å². The topological polar surface area (TPSA) is 114 Å². The summed E-state index contributed by atoms with van der Waals surface area (Å²) in [6, 6.07) is 16.3. The van der Waals surface area contributed by atoms with Gasteiger partial charge in [-0.3, -0.25) is 4.79 Å². The molecule has 5 rings (SSSR count). The number of nitrogens with one attached hydrogen (secondary N) is 2. The molecule has 2 aromatic rings. The van der Waals surface area contributed by atoms with E-state index in [4.69, 9.17) is 9.47 Å². The Labute approximate surface area is 204 Å². The highest BCUT2D eigenvalue weighted by atomic mass is 16.5. The Kier molecular flexibility index (Phi) is 6.47. The van der Waals surface area contributed by atoms with Crippen LogP contribution < -0.4 is 10.6 Å². The van der Waals surface area contributed by atoms with E-state index >= 15 is 0 Å². The van der Waals surface area contributed by atoms with Crippen LogP contribution in [0.4, 0.5) is 4.79 Å². The van der Waals surface area contributed by atoms with Gasteiger partial charge in [-0.15, -0.1) is 0 Å². The second-order valence-corrected chi connectivity index (χ2v) is 9.63. The van der Waals surface area contributed by atoms with Crippen LogP contribution in [0.2, 0.25) is 0 Å². The molecule has 2 amide bonds. The fourth-order valence-electron chi connectivity index (χ4n) is 5.67. The Morgan fingerprint density at radius 3 is 2.26 bits per heavy atom. The summed E-state index contributed by atoms with van der Waals surface area (Å²) in [6.07, 6.45) is 1.64. The average molecular weight is 479 g/mol. The number of hydrogen-bond acceptors (Lipinski definition) is 5. The van der Waals surface area contributed by atoms with Crippen molar-refractivity contribution in [3.8, 4) is 11.1 Å². The van der Waals surface area contributed by atoms with Gasteiger partial charge in [-0.25, -0.2) is 9.59 Å². The van der Waals surface area contributed by atoms with Crippen molar-refractivity contribution in [2.24, 2.45) is 5.92 Å². The number of benzene rings is 2. The Bertz CT molecular complexity index is 1080. The molecule has 0 spiro atoms. The lowest BCUT2D eigenvalue weighted by molar-refractivity contribution is -0.149. The number of carboxylic acid groups (broad SMARTS) is 1. The van der Waals surface area contributed by atoms with Crippen molar-refractivity contribution in [2.75, 3.05) is 19.8 Å². The summed E-state index contributed by atoms with van der Waals surface area (Å²) in [5, 5.41) is 15.1. The number of carbonyl (C=O) groups excluding carboxylic acids is 2. The van der Waals surface area contributed by atoms with Crippen LogP contribution in [0.1, 0.15) is 49.1 Å². The molecule has 3 aliphatic rings. The maximum absolute atomic E-state index is 12.9. The molecule has 0 radical (unpaired) electrons. The van der Waals surface area contributed by atoms with E-state index in [0.29, 0.717) is 25.9 Å². The van der Waals surface area contributed by atoms with Crippen LogP contribution in [-0.4, -0.2) is 54.5 Å². The van der Waals surface area contributed by atoms with Gasteiger partial charge in [-0.2, -0.15) is 0 Å². The Morgan fingerprint density at radius 2 is 1.63 bits per heavy atom. The SMILES string of the molecule is O=C(NC[C@@H]1CCO[C@@H]1C(=O)NC1(C(=O)O)CCCC1)OCC1c2ccccc2-c2ccccc21. The molecule has 2 fully saturated rings. The molecule has 184 valence electrons. The predicted octanol–water partition coefficient (Wildman–Crippen LogP) is 3.44. The smallest absolute Gasteiger partial charge is 0.407 e. The first kappa shape index (κ1) is 23.4. The standard InChI is InChI=1S/C27H30N2O6/c30-24(29-27(25(31)32)12-5-6-13-27)23-17(11-14-34-23)15-28-26(33)35-16-22-20-9-3-1-7-18(20)19-8-2-4-10-21(19)22/h1-4,7-10,17,22-23H,5-6,11-16H2,(H,28,33)(H,29,30)(H,31,32)/t17-,23-/m0/s1. The molecule has 8 nitrogen and oxygen atoms in total. The molecule has 1 aliphatic heterocycles. The van der Waals surface area contributed by atoms with Crippen molar-refractivity contribution >= 4 is 18.0 Å². The molecule has 1 saturated carbocycles. The quantitative estimate of drug-likeness (QED) is 0.562. The van der Waals surface area contributed by atoms with E-state index < -0.39 is 29.6 Å². The molecule has 1 saturated heterocycles. The van der Waals surface area contributed by atoms with Gasteiger partial charge in [0.05, 0.1) is 0 Å². The number of ether oxygens (including phenoxy) is 2. The van der Waals surface area contributed by atoms with Crippen LogP contribution >= 0.6 is 0 Å². The van der Waals surface area contributed by atoms with Gasteiger partial charge >= 0.3 is 12.1 Å². The summed E-state index contributed by atoms with van der Waals surface area (Å²) in [7, 11) is 0. The number of carboxylic acids is 1. The maximum atomic E-state index is 12.9. The lowest BCUT2D eigenvalue weighted by Crippen LogP contribution is -2.56. The van der Waals surface area contributed by atoms with Crippen LogP contribution in [0, 0.1) is 5.92 Å². The number of rotatable bonds is 7. The fraction of sp³-hybridized carbons (Fsp3) is 0.444. The van der Waals surface area contributed by atoms with Crippen molar-refractivity contribution in [1.29, 1.82) is 0 Å². The minimum absolute atomic E-state index is 0.0277. The minimum Gasteiger partial charge on any atom is -0.480 e. The summed E-state index contributed by atoms with van der Waals surface area (Å²) < 4.78 is 11.2. The molecule has 2 aromatic carbocycles. The van der Waals surface area contributed by atoms with E-state index in [1.165, 1.54) is 0 Å². The third-order valence-electron chi connectivity index (χ3n) is 7.55. The highest BCUT2D eigenvalue weighted by Gasteiger charge is 2.45. The molecule has 0 aromatic heterocycles. The summed E-state index contributed by atoms with van der Waals surface area (Å²) in [5.74, 6) is -1.70. The largest absolute Gasteiger partial charge is 0.480 e. The average Bonchev–Trinajstić information content (AvgIpc) is 3.60. The Morgan fingerprint density at radius 1 is 1.00 bits per heavy atom. The highest BCUT2D eigenvalue weighted by Crippen LogP contribution is 2.44. The van der Waals surface area contributed by atoms with Crippen molar-refractivity contribution in [2.45, 2.75) is 49.7 Å². The fourth-order valence-corrected chi connectivity index (χ4v) is 5.67. The lowest BCUT2D eigenvalue weighted by Gasteiger charge is -2.28. The minimum atomic E-state index is -1.21. The second-order valence-electron chi connectivity index (χ2n) is 9.63. The molecule has 35 heavy (non-hydrogen) atoms. The van der Waals surface area contributed by atoms with E-state index in [-0.39, 0.29) is 25.0 Å². The van der Waals surface area contributed by atoms with Gasteiger partial charge in [0, 0.05) is 25.0 Å². The van der Waals surface area contributed by atoms with Crippen molar-refractivity contribution in [3.63, 3.8) is 0 Å².